The van der Waals surface area contributed by atoms with Gasteiger partial charge in [-0.15, -0.1) is 0 Å². The maximum absolute atomic E-state index is 11.1. The summed E-state index contributed by atoms with van der Waals surface area (Å²) >= 11 is 0. The Morgan fingerprint density at radius 2 is 2.31 bits per heavy atom. The Morgan fingerprint density at radius 3 is 2.94 bits per heavy atom. The topological polar surface area (TPSA) is 83.7 Å². The van der Waals surface area contributed by atoms with Crippen molar-refractivity contribution in [2.75, 3.05) is 6.54 Å². The number of carbonyl (C=O) groups is 2. The molecule has 0 fully saturated rings. The second-order valence-corrected chi connectivity index (χ2v) is 2.97. The first-order valence-electron chi connectivity index (χ1n) is 4.88. The quantitative estimate of drug-likeness (QED) is 0.436. The first-order valence-corrected chi connectivity index (χ1v) is 4.88. The van der Waals surface area contributed by atoms with Crippen molar-refractivity contribution in [3.8, 4) is 0 Å². The van der Waals surface area contributed by atoms with E-state index in [-0.39, 0.29) is 0 Å². The van der Waals surface area contributed by atoms with Crippen molar-refractivity contribution in [2.45, 2.75) is 13.3 Å². The molecule has 6 heteroatoms. The van der Waals surface area contributed by atoms with Crippen LogP contribution in [0.3, 0.4) is 0 Å². The predicted octanol–water partition coefficient (Wildman–Crippen LogP) is 0.256. The lowest BCUT2D eigenvalue weighted by Gasteiger charge is -2.00. The molecule has 0 radical (unpaired) electrons. The van der Waals surface area contributed by atoms with E-state index in [9.17, 15) is 9.59 Å². The molecule has 1 heterocycles. The van der Waals surface area contributed by atoms with E-state index < -0.39 is 11.8 Å². The molecule has 0 saturated carbocycles. The number of nitrogens with zero attached hydrogens (tertiary/aromatic N) is 1. The number of nitrogens with one attached hydrogen (secondary N) is 2. The van der Waals surface area contributed by atoms with Gasteiger partial charge in [-0.3, -0.25) is 9.59 Å². The Hall–Kier alpha value is -2.11. The van der Waals surface area contributed by atoms with Crippen molar-refractivity contribution >= 4 is 18.0 Å². The lowest BCUT2D eigenvalue weighted by molar-refractivity contribution is -0.139. The molecule has 2 amide bonds. The maximum atomic E-state index is 11.1. The standard InChI is InChI=1S/C10H13N3O3/c1-2-5-11-9(14)10(15)13-12-7-8-4-3-6-16-8/h3-4,6-7H,2,5H2,1H3,(H,11,14)(H,13,15)/b12-7-. The summed E-state index contributed by atoms with van der Waals surface area (Å²) in [4.78, 5) is 22.2. The average molecular weight is 223 g/mol. The SMILES string of the molecule is CCCNC(=O)C(=O)N/N=C\c1ccco1. The molecule has 86 valence electrons. The monoisotopic (exact) mass is 223 g/mol. The van der Waals surface area contributed by atoms with E-state index in [1.165, 1.54) is 12.5 Å². The normalized spacial score (nSPS) is 10.3. The summed E-state index contributed by atoms with van der Waals surface area (Å²) in [6, 6.07) is 3.37. The minimum absolute atomic E-state index is 0.466. The van der Waals surface area contributed by atoms with Crippen molar-refractivity contribution in [1.82, 2.24) is 10.7 Å². The van der Waals surface area contributed by atoms with Crippen LogP contribution in [0.15, 0.2) is 27.9 Å². The van der Waals surface area contributed by atoms with Crippen LogP contribution in [-0.2, 0) is 9.59 Å². The molecule has 6 nitrogen and oxygen atoms in total. The summed E-state index contributed by atoms with van der Waals surface area (Å²) in [5, 5.41) is 5.99. The zero-order valence-electron chi connectivity index (χ0n) is 8.90. The van der Waals surface area contributed by atoms with Crippen LogP contribution in [0, 0.1) is 0 Å². The highest BCUT2D eigenvalue weighted by molar-refractivity contribution is 6.35. The van der Waals surface area contributed by atoms with E-state index in [2.05, 4.69) is 15.8 Å². The third-order valence-corrected chi connectivity index (χ3v) is 1.64. The van der Waals surface area contributed by atoms with E-state index in [1.807, 2.05) is 6.92 Å². The number of hydrazone groups is 1. The van der Waals surface area contributed by atoms with Crippen molar-refractivity contribution in [3.05, 3.63) is 24.2 Å². The Morgan fingerprint density at radius 1 is 1.50 bits per heavy atom. The minimum Gasteiger partial charge on any atom is -0.463 e. The minimum atomic E-state index is -0.795. The van der Waals surface area contributed by atoms with E-state index in [1.54, 1.807) is 12.1 Å². The van der Waals surface area contributed by atoms with Gasteiger partial charge in [0.1, 0.15) is 5.76 Å². The van der Waals surface area contributed by atoms with Crippen LogP contribution in [0.5, 0.6) is 0 Å². The molecule has 1 rings (SSSR count). The first-order chi connectivity index (χ1) is 7.74. The van der Waals surface area contributed by atoms with Gasteiger partial charge in [-0.1, -0.05) is 6.92 Å². The molecule has 0 unspecified atom stereocenters. The van der Waals surface area contributed by atoms with Crippen LogP contribution in [0.25, 0.3) is 0 Å². The lowest BCUT2D eigenvalue weighted by atomic mass is 10.4. The van der Waals surface area contributed by atoms with Crippen LogP contribution in [0.2, 0.25) is 0 Å². The van der Waals surface area contributed by atoms with Crippen molar-refractivity contribution in [1.29, 1.82) is 0 Å². The third-order valence-electron chi connectivity index (χ3n) is 1.64. The van der Waals surface area contributed by atoms with Crippen molar-refractivity contribution < 1.29 is 14.0 Å². The number of furan rings is 1. The third kappa shape index (κ3) is 3.95. The summed E-state index contributed by atoms with van der Waals surface area (Å²) in [5.74, 6) is -0.996. The molecule has 1 aromatic rings. The lowest BCUT2D eigenvalue weighted by Crippen LogP contribution is -2.38. The molecule has 0 atom stereocenters. The zero-order chi connectivity index (χ0) is 11.8. The van der Waals surface area contributed by atoms with Crippen molar-refractivity contribution in [2.24, 2.45) is 5.10 Å². The van der Waals surface area contributed by atoms with Gasteiger partial charge in [0.05, 0.1) is 12.5 Å². The van der Waals surface area contributed by atoms with Crippen LogP contribution >= 0.6 is 0 Å². The van der Waals surface area contributed by atoms with Gasteiger partial charge in [-0.25, -0.2) is 5.43 Å². The largest absolute Gasteiger partial charge is 0.463 e. The fraction of sp³-hybridized carbons (Fsp3) is 0.300. The summed E-state index contributed by atoms with van der Waals surface area (Å²) in [7, 11) is 0. The van der Waals surface area contributed by atoms with E-state index in [4.69, 9.17) is 4.42 Å². The molecule has 0 saturated heterocycles. The van der Waals surface area contributed by atoms with Crippen LogP contribution in [0.1, 0.15) is 19.1 Å². The zero-order valence-corrected chi connectivity index (χ0v) is 8.90. The van der Waals surface area contributed by atoms with Gasteiger partial charge in [-0.2, -0.15) is 5.10 Å². The highest BCUT2D eigenvalue weighted by Gasteiger charge is 2.10. The molecule has 0 bridgehead atoms. The van der Waals surface area contributed by atoms with Gasteiger partial charge in [0, 0.05) is 6.54 Å². The first kappa shape index (κ1) is 12.0. The molecule has 0 aromatic carbocycles. The van der Waals surface area contributed by atoms with Crippen LogP contribution in [0.4, 0.5) is 0 Å². The highest BCUT2D eigenvalue weighted by Crippen LogP contribution is 1.94. The summed E-state index contributed by atoms with van der Waals surface area (Å²) in [5.41, 5.74) is 2.09. The maximum Gasteiger partial charge on any atom is 0.329 e. The molecular formula is C10H13N3O3. The highest BCUT2D eigenvalue weighted by atomic mass is 16.3. The van der Waals surface area contributed by atoms with Gasteiger partial charge < -0.3 is 9.73 Å². The Balaban J connectivity index is 2.32. The fourth-order valence-electron chi connectivity index (χ4n) is 0.889. The van der Waals surface area contributed by atoms with E-state index >= 15 is 0 Å². The number of hydrogen-bond acceptors (Lipinski definition) is 4. The van der Waals surface area contributed by atoms with Crippen LogP contribution < -0.4 is 10.7 Å². The van der Waals surface area contributed by atoms with Crippen molar-refractivity contribution in [3.63, 3.8) is 0 Å². The number of carbonyl (C=O) groups excluding carboxylic acids is 2. The molecular weight excluding hydrogens is 210 g/mol. The number of hydrogen-bond donors (Lipinski definition) is 2. The number of rotatable bonds is 4. The summed E-state index contributed by atoms with van der Waals surface area (Å²) in [6.07, 6.45) is 3.57. The predicted molar refractivity (Wildman–Crippen MR) is 57.7 cm³/mol. The summed E-state index contributed by atoms with van der Waals surface area (Å²) in [6.45, 7) is 2.36. The molecule has 0 aliphatic heterocycles. The molecule has 1 aromatic heterocycles. The number of amides is 2. The van der Waals surface area contributed by atoms with Crippen LogP contribution in [-0.4, -0.2) is 24.6 Å². The van der Waals surface area contributed by atoms with Gasteiger partial charge >= 0.3 is 11.8 Å². The van der Waals surface area contributed by atoms with Gasteiger partial charge in [-0.05, 0) is 18.6 Å². The van der Waals surface area contributed by atoms with Gasteiger partial charge in [0.25, 0.3) is 0 Å². The molecule has 16 heavy (non-hydrogen) atoms. The smallest absolute Gasteiger partial charge is 0.329 e. The Kier molecular flexibility index (Phi) is 4.78. The van der Waals surface area contributed by atoms with Gasteiger partial charge in [0.2, 0.25) is 0 Å². The molecule has 0 spiro atoms. The fourth-order valence-corrected chi connectivity index (χ4v) is 0.889. The Labute approximate surface area is 92.7 Å². The van der Waals surface area contributed by atoms with Gasteiger partial charge in [0.15, 0.2) is 0 Å². The molecule has 0 aliphatic rings. The Bertz CT molecular complexity index is 371. The molecule has 0 aliphatic carbocycles. The second-order valence-electron chi connectivity index (χ2n) is 2.97. The molecule has 2 N–H and O–H groups in total. The second kappa shape index (κ2) is 6.39. The average Bonchev–Trinajstić information content (AvgIpc) is 2.78. The van der Waals surface area contributed by atoms with E-state index in [0.717, 1.165) is 6.42 Å². The summed E-state index contributed by atoms with van der Waals surface area (Å²) < 4.78 is 4.94. The van der Waals surface area contributed by atoms with E-state index in [0.29, 0.717) is 12.3 Å².